The van der Waals surface area contributed by atoms with Gasteiger partial charge in [-0.1, -0.05) is 44.2 Å². The van der Waals surface area contributed by atoms with Crippen LogP contribution in [0.15, 0.2) is 54.6 Å². The number of nitrogens with one attached hydrogen (secondary N) is 2. The first kappa shape index (κ1) is 16.2. The van der Waals surface area contributed by atoms with E-state index in [9.17, 15) is 9.18 Å². The molecule has 0 fully saturated rings. The molecule has 1 unspecified atom stereocenters. The van der Waals surface area contributed by atoms with Crippen LogP contribution < -0.4 is 10.6 Å². The van der Waals surface area contributed by atoms with Crippen molar-refractivity contribution in [2.75, 3.05) is 5.32 Å². The average Bonchev–Trinajstić information content (AvgIpc) is 2.49. The van der Waals surface area contributed by atoms with E-state index < -0.39 is 0 Å². The summed E-state index contributed by atoms with van der Waals surface area (Å²) in [4.78, 5) is 12.5. The SMILES string of the molecule is CC(C)NC(Cc1ccccc1)C(=O)Nc1ccc(F)cc1. The van der Waals surface area contributed by atoms with Crippen LogP contribution in [0.25, 0.3) is 0 Å². The Hall–Kier alpha value is -2.20. The molecule has 0 saturated heterocycles. The van der Waals surface area contributed by atoms with Crippen molar-refractivity contribution in [1.29, 1.82) is 0 Å². The fourth-order valence-corrected chi connectivity index (χ4v) is 2.24. The summed E-state index contributed by atoms with van der Waals surface area (Å²) in [5, 5.41) is 6.10. The maximum absolute atomic E-state index is 12.9. The average molecular weight is 300 g/mol. The second-order valence-electron chi connectivity index (χ2n) is 5.56. The monoisotopic (exact) mass is 300 g/mol. The maximum Gasteiger partial charge on any atom is 0.241 e. The highest BCUT2D eigenvalue weighted by molar-refractivity contribution is 5.95. The number of halogens is 1. The number of rotatable bonds is 6. The Kier molecular flexibility index (Phi) is 5.67. The van der Waals surface area contributed by atoms with Crippen LogP contribution in [0.4, 0.5) is 10.1 Å². The van der Waals surface area contributed by atoms with Crippen LogP contribution >= 0.6 is 0 Å². The van der Waals surface area contributed by atoms with Crippen molar-refractivity contribution in [3.8, 4) is 0 Å². The molecule has 116 valence electrons. The minimum atomic E-state index is -0.340. The van der Waals surface area contributed by atoms with Gasteiger partial charge in [-0.2, -0.15) is 0 Å². The molecular formula is C18H21FN2O. The van der Waals surface area contributed by atoms with Gasteiger partial charge in [0.2, 0.25) is 5.91 Å². The van der Waals surface area contributed by atoms with E-state index in [2.05, 4.69) is 10.6 Å². The topological polar surface area (TPSA) is 41.1 Å². The van der Waals surface area contributed by atoms with Crippen molar-refractivity contribution in [3.05, 3.63) is 66.0 Å². The van der Waals surface area contributed by atoms with Crippen LogP contribution in [0.3, 0.4) is 0 Å². The number of anilines is 1. The molecular weight excluding hydrogens is 279 g/mol. The van der Waals surface area contributed by atoms with E-state index >= 15 is 0 Å². The lowest BCUT2D eigenvalue weighted by Crippen LogP contribution is -2.45. The van der Waals surface area contributed by atoms with E-state index in [1.807, 2.05) is 44.2 Å². The van der Waals surface area contributed by atoms with Crippen LogP contribution in [-0.2, 0) is 11.2 Å². The predicted octanol–water partition coefficient (Wildman–Crippen LogP) is 3.37. The van der Waals surface area contributed by atoms with Crippen molar-refractivity contribution < 1.29 is 9.18 Å². The molecule has 3 nitrogen and oxygen atoms in total. The summed E-state index contributed by atoms with van der Waals surface area (Å²) in [7, 11) is 0. The third-order valence-corrected chi connectivity index (χ3v) is 3.25. The minimum Gasteiger partial charge on any atom is -0.325 e. The second kappa shape index (κ2) is 7.71. The molecule has 0 aliphatic carbocycles. The quantitative estimate of drug-likeness (QED) is 0.859. The second-order valence-corrected chi connectivity index (χ2v) is 5.56. The fourth-order valence-electron chi connectivity index (χ4n) is 2.24. The Balaban J connectivity index is 2.07. The Morgan fingerprint density at radius 1 is 1.05 bits per heavy atom. The van der Waals surface area contributed by atoms with Crippen molar-refractivity contribution in [1.82, 2.24) is 5.32 Å². The van der Waals surface area contributed by atoms with Gasteiger partial charge in [0.1, 0.15) is 5.82 Å². The fraction of sp³-hybridized carbons (Fsp3) is 0.278. The lowest BCUT2D eigenvalue weighted by Gasteiger charge is -2.21. The summed E-state index contributed by atoms with van der Waals surface area (Å²) in [6.45, 7) is 4.01. The number of amides is 1. The molecule has 0 aliphatic heterocycles. The molecule has 0 saturated carbocycles. The van der Waals surface area contributed by atoms with Crippen LogP contribution in [0.5, 0.6) is 0 Å². The molecule has 1 amide bonds. The Bertz CT molecular complexity index is 596. The first-order valence-corrected chi connectivity index (χ1v) is 7.41. The predicted molar refractivity (Wildman–Crippen MR) is 87.2 cm³/mol. The van der Waals surface area contributed by atoms with Gasteiger partial charge in [0.15, 0.2) is 0 Å². The van der Waals surface area contributed by atoms with Crippen LogP contribution in [-0.4, -0.2) is 18.0 Å². The first-order chi connectivity index (χ1) is 10.5. The van der Waals surface area contributed by atoms with Gasteiger partial charge in [0, 0.05) is 11.7 Å². The third kappa shape index (κ3) is 4.97. The highest BCUT2D eigenvalue weighted by Crippen LogP contribution is 2.11. The van der Waals surface area contributed by atoms with Gasteiger partial charge >= 0.3 is 0 Å². The first-order valence-electron chi connectivity index (χ1n) is 7.41. The van der Waals surface area contributed by atoms with Gasteiger partial charge in [-0.15, -0.1) is 0 Å². The molecule has 2 N–H and O–H groups in total. The van der Waals surface area contributed by atoms with Crippen molar-refractivity contribution in [2.45, 2.75) is 32.4 Å². The molecule has 0 bridgehead atoms. The van der Waals surface area contributed by atoms with E-state index in [0.717, 1.165) is 5.56 Å². The molecule has 4 heteroatoms. The van der Waals surface area contributed by atoms with E-state index in [4.69, 9.17) is 0 Å². The van der Waals surface area contributed by atoms with Gasteiger partial charge in [-0.05, 0) is 36.2 Å². The summed E-state index contributed by atoms with van der Waals surface area (Å²) in [5.41, 5.74) is 1.69. The summed E-state index contributed by atoms with van der Waals surface area (Å²) in [6.07, 6.45) is 0.603. The van der Waals surface area contributed by atoms with E-state index in [1.165, 1.54) is 12.1 Å². The lowest BCUT2D eigenvalue weighted by molar-refractivity contribution is -0.118. The number of carbonyl (C=O) groups is 1. The normalized spacial score (nSPS) is 12.2. The Morgan fingerprint density at radius 2 is 1.68 bits per heavy atom. The Labute approximate surface area is 130 Å². The Morgan fingerprint density at radius 3 is 2.27 bits per heavy atom. The van der Waals surface area contributed by atoms with Gasteiger partial charge in [-0.3, -0.25) is 4.79 Å². The zero-order chi connectivity index (χ0) is 15.9. The smallest absolute Gasteiger partial charge is 0.241 e. The van der Waals surface area contributed by atoms with Crippen molar-refractivity contribution in [3.63, 3.8) is 0 Å². The van der Waals surface area contributed by atoms with Crippen LogP contribution in [0, 0.1) is 5.82 Å². The molecule has 0 radical (unpaired) electrons. The highest BCUT2D eigenvalue weighted by atomic mass is 19.1. The van der Waals surface area contributed by atoms with E-state index in [-0.39, 0.29) is 23.8 Å². The van der Waals surface area contributed by atoms with Gasteiger partial charge in [-0.25, -0.2) is 4.39 Å². The number of hydrogen-bond acceptors (Lipinski definition) is 2. The molecule has 0 aromatic heterocycles. The molecule has 2 aromatic rings. The van der Waals surface area contributed by atoms with Crippen molar-refractivity contribution >= 4 is 11.6 Å². The van der Waals surface area contributed by atoms with Gasteiger partial charge in [0.05, 0.1) is 6.04 Å². The lowest BCUT2D eigenvalue weighted by atomic mass is 10.0. The van der Waals surface area contributed by atoms with Crippen LogP contribution in [0.1, 0.15) is 19.4 Å². The van der Waals surface area contributed by atoms with Crippen LogP contribution in [0.2, 0.25) is 0 Å². The minimum absolute atomic E-state index is 0.121. The number of hydrogen-bond donors (Lipinski definition) is 2. The highest BCUT2D eigenvalue weighted by Gasteiger charge is 2.19. The molecule has 2 rings (SSSR count). The summed E-state index contributed by atoms with van der Waals surface area (Å²) in [6, 6.07) is 15.5. The zero-order valence-corrected chi connectivity index (χ0v) is 12.8. The largest absolute Gasteiger partial charge is 0.325 e. The number of benzene rings is 2. The third-order valence-electron chi connectivity index (χ3n) is 3.25. The van der Waals surface area contributed by atoms with Gasteiger partial charge < -0.3 is 10.6 Å². The summed E-state index contributed by atoms with van der Waals surface area (Å²) in [5.74, 6) is -0.441. The van der Waals surface area contributed by atoms with Crippen molar-refractivity contribution in [2.24, 2.45) is 0 Å². The molecule has 22 heavy (non-hydrogen) atoms. The molecule has 0 spiro atoms. The summed E-state index contributed by atoms with van der Waals surface area (Å²) < 4.78 is 12.9. The van der Waals surface area contributed by atoms with E-state index in [1.54, 1.807) is 12.1 Å². The van der Waals surface area contributed by atoms with Gasteiger partial charge in [0.25, 0.3) is 0 Å². The maximum atomic E-state index is 12.9. The number of carbonyl (C=O) groups excluding carboxylic acids is 1. The molecule has 0 aliphatic rings. The molecule has 0 heterocycles. The molecule has 2 aromatic carbocycles. The molecule has 1 atom stereocenters. The zero-order valence-electron chi connectivity index (χ0n) is 12.8. The summed E-state index contributed by atoms with van der Waals surface area (Å²) >= 11 is 0. The van der Waals surface area contributed by atoms with E-state index in [0.29, 0.717) is 12.1 Å². The standard InChI is InChI=1S/C18H21FN2O/c1-13(2)20-17(12-14-6-4-3-5-7-14)18(22)21-16-10-8-15(19)9-11-16/h3-11,13,17,20H,12H2,1-2H3,(H,21,22).